The van der Waals surface area contributed by atoms with Crippen molar-refractivity contribution < 1.29 is 9.53 Å². The second-order valence-corrected chi connectivity index (χ2v) is 7.74. The van der Waals surface area contributed by atoms with Crippen molar-refractivity contribution in [3.63, 3.8) is 0 Å². The quantitative estimate of drug-likeness (QED) is 0.557. The van der Waals surface area contributed by atoms with E-state index < -0.39 is 0 Å². The van der Waals surface area contributed by atoms with Crippen molar-refractivity contribution in [2.45, 2.75) is 63.4 Å². The molecule has 4 nitrogen and oxygen atoms in total. The zero-order valence-corrected chi connectivity index (χ0v) is 15.6. The summed E-state index contributed by atoms with van der Waals surface area (Å²) in [6.45, 7) is 0. The van der Waals surface area contributed by atoms with Crippen LogP contribution in [0.25, 0.3) is 0 Å². The Morgan fingerprint density at radius 2 is 1.63 bits per heavy atom. The molecule has 3 rings (SSSR count). The molecule has 0 amide bonds. The van der Waals surface area contributed by atoms with Crippen molar-refractivity contribution in [2.24, 2.45) is 11.8 Å². The Hall–Kier alpha value is -2.59. The van der Waals surface area contributed by atoms with Crippen molar-refractivity contribution >= 4 is 5.97 Å². The van der Waals surface area contributed by atoms with Crippen LogP contribution >= 0.6 is 0 Å². The molecule has 0 bridgehead atoms. The Morgan fingerprint density at radius 1 is 0.963 bits per heavy atom. The number of nitriles is 2. The Bertz CT molecular complexity index is 738. The third-order valence-corrected chi connectivity index (χ3v) is 6.02. The summed E-state index contributed by atoms with van der Waals surface area (Å²) >= 11 is 0. The Kier molecular flexibility index (Phi) is 6.66. The first-order valence-electron chi connectivity index (χ1n) is 9.96. The SMILES string of the molecule is N#C/C=C/C1CCC(OC(=O)[C@H]2CC[C@H](c3ccc(C#N)cc3)CC2)CC1. The van der Waals surface area contributed by atoms with Gasteiger partial charge in [-0.15, -0.1) is 0 Å². The van der Waals surface area contributed by atoms with Crippen LogP contribution in [0.15, 0.2) is 36.4 Å². The molecule has 1 aromatic carbocycles. The lowest BCUT2D eigenvalue weighted by molar-refractivity contribution is -0.157. The second kappa shape index (κ2) is 9.38. The number of carbonyl (C=O) groups excluding carboxylic acids is 1. The summed E-state index contributed by atoms with van der Waals surface area (Å²) in [6, 6.07) is 12.0. The summed E-state index contributed by atoms with van der Waals surface area (Å²) < 4.78 is 5.79. The van der Waals surface area contributed by atoms with Crippen molar-refractivity contribution in [1.82, 2.24) is 0 Å². The summed E-state index contributed by atoms with van der Waals surface area (Å²) in [5.74, 6) is 0.923. The van der Waals surface area contributed by atoms with E-state index in [1.807, 2.05) is 36.4 Å². The van der Waals surface area contributed by atoms with E-state index >= 15 is 0 Å². The first-order valence-corrected chi connectivity index (χ1v) is 9.96. The summed E-state index contributed by atoms with van der Waals surface area (Å²) in [4.78, 5) is 12.5. The number of benzene rings is 1. The molecule has 0 spiro atoms. The molecular formula is C23H26N2O2. The van der Waals surface area contributed by atoms with Gasteiger partial charge < -0.3 is 4.74 Å². The van der Waals surface area contributed by atoms with Crippen molar-refractivity contribution in [3.05, 3.63) is 47.5 Å². The highest BCUT2D eigenvalue weighted by atomic mass is 16.5. The van der Waals surface area contributed by atoms with E-state index in [9.17, 15) is 4.79 Å². The van der Waals surface area contributed by atoms with Crippen LogP contribution < -0.4 is 0 Å². The topological polar surface area (TPSA) is 73.9 Å². The fourth-order valence-electron chi connectivity index (χ4n) is 4.33. The number of rotatable bonds is 4. The van der Waals surface area contributed by atoms with Gasteiger partial charge in [-0.3, -0.25) is 4.79 Å². The van der Waals surface area contributed by atoms with E-state index in [0.29, 0.717) is 17.4 Å². The molecule has 0 aliphatic heterocycles. The summed E-state index contributed by atoms with van der Waals surface area (Å²) in [5, 5.41) is 17.5. The molecule has 2 aliphatic carbocycles. The van der Waals surface area contributed by atoms with Gasteiger partial charge in [0.2, 0.25) is 0 Å². The van der Waals surface area contributed by atoms with Crippen molar-refractivity contribution in [2.75, 3.05) is 0 Å². The van der Waals surface area contributed by atoms with Crippen LogP contribution in [-0.4, -0.2) is 12.1 Å². The minimum absolute atomic E-state index is 0.0238. The standard InChI is InChI=1S/C23H26N2O2/c24-15-1-2-17-5-13-22(14-6-17)27-23(26)21-11-9-20(10-12-21)19-7-3-18(16-25)4-8-19/h1-4,7-8,17,20-22H,5-6,9-14H2/b2-1+/t17?,20-,21-,22?. The van der Waals surface area contributed by atoms with Crippen molar-refractivity contribution in [1.29, 1.82) is 10.5 Å². The molecule has 4 heteroatoms. The molecule has 0 saturated heterocycles. The lowest BCUT2D eigenvalue weighted by Crippen LogP contribution is -2.29. The molecule has 2 aliphatic rings. The molecule has 0 radical (unpaired) electrons. The van der Waals surface area contributed by atoms with Gasteiger partial charge in [0.15, 0.2) is 0 Å². The molecule has 0 atom stereocenters. The minimum atomic E-state index is -0.0238. The average Bonchev–Trinajstić information content (AvgIpc) is 2.73. The zero-order valence-electron chi connectivity index (χ0n) is 15.6. The molecule has 0 heterocycles. The molecule has 0 unspecified atom stereocenters. The maximum Gasteiger partial charge on any atom is 0.309 e. The van der Waals surface area contributed by atoms with E-state index in [1.165, 1.54) is 5.56 Å². The zero-order chi connectivity index (χ0) is 19.1. The van der Waals surface area contributed by atoms with E-state index in [0.717, 1.165) is 51.4 Å². The van der Waals surface area contributed by atoms with Crippen LogP contribution in [0.4, 0.5) is 0 Å². The number of nitrogens with zero attached hydrogens (tertiary/aromatic N) is 2. The van der Waals surface area contributed by atoms with Gasteiger partial charge >= 0.3 is 5.97 Å². The van der Waals surface area contributed by atoms with Gasteiger partial charge in [0, 0.05) is 6.08 Å². The first kappa shape index (κ1) is 19.2. The lowest BCUT2D eigenvalue weighted by Gasteiger charge is -2.31. The van der Waals surface area contributed by atoms with Crippen LogP contribution in [0.1, 0.15) is 68.4 Å². The van der Waals surface area contributed by atoms with E-state index in [4.69, 9.17) is 15.3 Å². The smallest absolute Gasteiger partial charge is 0.309 e. The Balaban J connectivity index is 1.43. The maximum atomic E-state index is 12.5. The predicted octanol–water partition coefficient (Wildman–Crippen LogP) is 5.01. The monoisotopic (exact) mass is 362 g/mol. The predicted molar refractivity (Wildman–Crippen MR) is 102 cm³/mol. The third-order valence-electron chi connectivity index (χ3n) is 6.02. The fourth-order valence-corrected chi connectivity index (χ4v) is 4.33. The van der Waals surface area contributed by atoms with Gasteiger partial charge in [-0.05, 0) is 80.9 Å². The summed E-state index contributed by atoms with van der Waals surface area (Å²) in [5.41, 5.74) is 1.96. The van der Waals surface area contributed by atoms with Gasteiger partial charge in [-0.25, -0.2) is 0 Å². The maximum absolute atomic E-state index is 12.5. The normalized spacial score (nSPS) is 28.2. The molecular weight excluding hydrogens is 336 g/mol. The number of allylic oxidation sites excluding steroid dienone is 2. The Morgan fingerprint density at radius 3 is 2.22 bits per heavy atom. The number of hydrogen-bond donors (Lipinski definition) is 0. The number of ether oxygens (including phenoxy) is 1. The highest BCUT2D eigenvalue weighted by molar-refractivity contribution is 5.72. The van der Waals surface area contributed by atoms with E-state index in [-0.39, 0.29) is 18.0 Å². The number of hydrogen-bond acceptors (Lipinski definition) is 4. The average molecular weight is 362 g/mol. The number of carbonyl (C=O) groups is 1. The summed E-state index contributed by atoms with van der Waals surface area (Å²) in [6.07, 6.45) is 11.1. The van der Waals surface area contributed by atoms with Crippen LogP contribution in [0.5, 0.6) is 0 Å². The molecule has 1 aromatic rings. The van der Waals surface area contributed by atoms with Gasteiger partial charge in [0.1, 0.15) is 6.10 Å². The molecule has 2 fully saturated rings. The first-order chi connectivity index (χ1) is 13.2. The van der Waals surface area contributed by atoms with E-state index in [2.05, 4.69) is 6.07 Å². The fraction of sp³-hybridized carbons (Fsp3) is 0.522. The lowest BCUT2D eigenvalue weighted by atomic mass is 9.78. The van der Waals surface area contributed by atoms with Gasteiger partial charge in [0.05, 0.1) is 23.6 Å². The van der Waals surface area contributed by atoms with Crippen LogP contribution in [0.3, 0.4) is 0 Å². The van der Waals surface area contributed by atoms with Crippen LogP contribution in [-0.2, 0) is 9.53 Å². The van der Waals surface area contributed by atoms with Gasteiger partial charge in [0.25, 0.3) is 0 Å². The molecule has 0 N–H and O–H groups in total. The third kappa shape index (κ3) is 5.20. The van der Waals surface area contributed by atoms with Crippen molar-refractivity contribution in [3.8, 4) is 12.1 Å². The largest absolute Gasteiger partial charge is 0.462 e. The second-order valence-electron chi connectivity index (χ2n) is 7.74. The summed E-state index contributed by atoms with van der Waals surface area (Å²) in [7, 11) is 0. The molecule has 27 heavy (non-hydrogen) atoms. The van der Waals surface area contributed by atoms with E-state index in [1.54, 1.807) is 6.08 Å². The minimum Gasteiger partial charge on any atom is -0.462 e. The highest BCUT2D eigenvalue weighted by Gasteiger charge is 2.30. The molecule has 2 saturated carbocycles. The number of esters is 1. The van der Waals surface area contributed by atoms with Crippen LogP contribution in [0.2, 0.25) is 0 Å². The molecule has 0 aromatic heterocycles. The van der Waals surface area contributed by atoms with Gasteiger partial charge in [-0.1, -0.05) is 18.2 Å². The Labute approximate surface area is 161 Å². The van der Waals surface area contributed by atoms with Gasteiger partial charge in [-0.2, -0.15) is 10.5 Å². The van der Waals surface area contributed by atoms with Crippen LogP contribution in [0, 0.1) is 34.5 Å². The molecule has 140 valence electrons. The highest BCUT2D eigenvalue weighted by Crippen LogP contribution is 2.37.